The molecule has 0 radical (unpaired) electrons. The van der Waals surface area contributed by atoms with Gasteiger partial charge in [0.15, 0.2) is 0 Å². The highest BCUT2D eigenvalue weighted by Crippen LogP contribution is 2.19. The van der Waals surface area contributed by atoms with E-state index in [2.05, 4.69) is 21.2 Å². The Morgan fingerprint density at radius 1 is 1.04 bits per heavy atom. The van der Waals surface area contributed by atoms with Gasteiger partial charge in [-0.25, -0.2) is 10.3 Å². The molecule has 3 aromatic rings. The highest BCUT2D eigenvalue weighted by molar-refractivity contribution is 9.10. The molecule has 0 spiro atoms. The van der Waals surface area contributed by atoms with Crippen LogP contribution in [0.4, 0.5) is 0 Å². The van der Waals surface area contributed by atoms with Gasteiger partial charge in [0, 0.05) is 22.0 Å². The molecule has 0 saturated heterocycles. The molecule has 0 saturated carbocycles. The molecule has 26 heavy (non-hydrogen) atoms. The number of rotatable bonds is 4. The van der Waals surface area contributed by atoms with Gasteiger partial charge < -0.3 is 9.73 Å². The highest BCUT2D eigenvalue weighted by Gasteiger charge is 2.14. The van der Waals surface area contributed by atoms with Crippen LogP contribution in [0, 0.1) is 0 Å². The van der Waals surface area contributed by atoms with Crippen LogP contribution in [0.25, 0.3) is 11.0 Å². The summed E-state index contributed by atoms with van der Waals surface area (Å²) in [7, 11) is 0. The van der Waals surface area contributed by atoms with E-state index < -0.39 is 17.4 Å². The summed E-state index contributed by atoms with van der Waals surface area (Å²) in [6.07, 6.45) is 0. The summed E-state index contributed by atoms with van der Waals surface area (Å²) in [4.78, 5) is 35.6. The molecule has 3 rings (SSSR count). The van der Waals surface area contributed by atoms with E-state index in [1.807, 2.05) is 0 Å². The monoisotopic (exact) mass is 416 g/mol. The zero-order chi connectivity index (χ0) is 18.7. The Labute approximate surface area is 155 Å². The summed E-state index contributed by atoms with van der Waals surface area (Å²) in [5, 5.41) is 11.8. The van der Waals surface area contributed by atoms with Crippen molar-refractivity contribution < 1.29 is 19.2 Å². The molecule has 132 valence electrons. The van der Waals surface area contributed by atoms with Gasteiger partial charge in [-0.15, -0.1) is 0 Å². The first-order valence-electron chi connectivity index (χ1n) is 7.53. The Bertz CT molecular complexity index is 1040. The van der Waals surface area contributed by atoms with Crippen molar-refractivity contribution in [2.45, 2.75) is 6.54 Å². The molecule has 0 bridgehead atoms. The van der Waals surface area contributed by atoms with Gasteiger partial charge in [-0.05, 0) is 42.0 Å². The minimum absolute atomic E-state index is 0.0909. The zero-order valence-electron chi connectivity index (χ0n) is 13.3. The predicted molar refractivity (Wildman–Crippen MR) is 97.0 cm³/mol. The Kier molecular flexibility index (Phi) is 5.15. The molecule has 8 heteroatoms. The molecule has 0 atom stereocenters. The number of hydrogen-bond acceptors (Lipinski definition) is 5. The fraction of sp³-hybridized carbons (Fsp3) is 0.0556. The molecule has 0 fully saturated rings. The fourth-order valence-corrected chi connectivity index (χ4v) is 2.75. The molecule has 0 unspecified atom stereocenters. The summed E-state index contributed by atoms with van der Waals surface area (Å²) in [5.41, 5.74) is 2.13. The van der Waals surface area contributed by atoms with Crippen LogP contribution in [-0.2, 0) is 6.54 Å². The van der Waals surface area contributed by atoms with E-state index in [0.717, 1.165) is 10.0 Å². The third kappa shape index (κ3) is 3.81. The first-order chi connectivity index (χ1) is 12.5. The second-order valence-corrected chi connectivity index (χ2v) is 6.37. The van der Waals surface area contributed by atoms with Gasteiger partial charge in [0.25, 0.3) is 11.8 Å². The molecule has 0 aliphatic carbocycles. The van der Waals surface area contributed by atoms with Crippen LogP contribution in [0.2, 0.25) is 0 Å². The van der Waals surface area contributed by atoms with Crippen LogP contribution in [0.5, 0.6) is 0 Å². The smallest absolute Gasteiger partial charge is 0.349 e. The van der Waals surface area contributed by atoms with Gasteiger partial charge in [-0.3, -0.25) is 14.8 Å². The van der Waals surface area contributed by atoms with Crippen LogP contribution in [0.15, 0.2) is 62.2 Å². The van der Waals surface area contributed by atoms with Gasteiger partial charge in [0.2, 0.25) is 0 Å². The van der Waals surface area contributed by atoms with Crippen molar-refractivity contribution in [1.29, 1.82) is 0 Å². The number of benzene rings is 2. The molecule has 0 aliphatic rings. The van der Waals surface area contributed by atoms with Crippen molar-refractivity contribution >= 4 is 38.7 Å². The molecule has 7 nitrogen and oxygen atoms in total. The van der Waals surface area contributed by atoms with Crippen molar-refractivity contribution in [2.75, 3.05) is 0 Å². The van der Waals surface area contributed by atoms with Gasteiger partial charge >= 0.3 is 5.63 Å². The summed E-state index contributed by atoms with van der Waals surface area (Å²) < 4.78 is 5.97. The fourth-order valence-electron chi connectivity index (χ4n) is 2.37. The van der Waals surface area contributed by atoms with E-state index in [9.17, 15) is 14.4 Å². The van der Waals surface area contributed by atoms with Crippen molar-refractivity contribution in [1.82, 2.24) is 10.8 Å². The first kappa shape index (κ1) is 17.8. The van der Waals surface area contributed by atoms with Crippen molar-refractivity contribution in [3.05, 3.63) is 80.1 Å². The Hall–Kier alpha value is -2.97. The van der Waals surface area contributed by atoms with Crippen LogP contribution in [0.3, 0.4) is 0 Å². The number of hydrogen-bond donors (Lipinski definition) is 3. The zero-order valence-corrected chi connectivity index (χ0v) is 14.9. The van der Waals surface area contributed by atoms with Crippen molar-refractivity contribution in [2.24, 2.45) is 0 Å². The maximum absolute atomic E-state index is 12.3. The third-order valence-corrected chi connectivity index (χ3v) is 4.20. The molecule has 1 aromatic heterocycles. The molecule has 1 heterocycles. The van der Waals surface area contributed by atoms with Crippen molar-refractivity contribution in [3.63, 3.8) is 0 Å². The molecule has 2 aromatic carbocycles. The number of hydroxylamine groups is 1. The lowest BCUT2D eigenvalue weighted by atomic mass is 10.1. The van der Waals surface area contributed by atoms with E-state index in [-0.39, 0.29) is 17.7 Å². The van der Waals surface area contributed by atoms with Gasteiger partial charge in [0.1, 0.15) is 11.1 Å². The number of nitrogens with one attached hydrogen (secondary N) is 2. The second kappa shape index (κ2) is 7.51. The number of amides is 2. The van der Waals surface area contributed by atoms with Crippen molar-refractivity contribution in [3.8, 4) is 0 Å². The van der Waals surface area contributed by atoms with E-state index in [1.165, 1.54) is 18.2 Å². The molecular formula is C18H13BrN2O5. The minimum atomic E-state index is -0.715. The molecule has 3 N–H and O–H groups in total. The van der Waals surface area contributed by atoms with Crippen LogP contribution < -0.4 is 16.4 Å². The van der Waals surface area contributed by atoms with Crippen LogP contribution >= 0.6 is 15.9 Å². The first-order valence-corrected chi connectivity index (χ1v) is 8.32. The second-order valence-electron chi connectivity index (χ2n) is 5.45. The van der Waals surface area contributed by atoms with E-state index >= 15 is 0 Å². The van der Waals surface area contributed by atoms with Crippen LogP contribution in [-0.4, -0.2) is 17.0 Å². The topological polar surface area (TPSA) is 109 Å². The average Bonchev–Trinajstić information content (AvgIpc) is 2.65. The predicted octanol–water partition coefficient (Wildman–Crippen LogP) is 2.60. The SMILES string of the molecule is O=C(NO)c1ccc(CNC(=O)c2cc3cc(Br)ccc3oc2=O)cc1. The quantitative estimate of drug-likeness (QED) is 0.344. The van der Waals surface area contributed by atoms with E-state index in [0.29, 0.717) is 11.0 Å². The number of carbonyl (C=O) groups is 2. The lowest BCUT2D eigenvalue weighted by Crippen LogP contribution is -2.27. The molecular weight excluding hydrogens is 404 g/mol. The van der Waals surface area contributed by atoms with Gasteiger partial charge in [0.05, 0.1) is 0 Å². The lowest BCUT2D eigenvalue weighted by Gasteiger charge is -2.06. The summed E-state index contributed by atoms with van der Waals surface area (Å²) in [5.74, 6) is -1.18. The number of fused-ring (bicyclic) bond motifs is 1. The molecule has 2 amide bonds. The maximum Gasteiger partial charge on any atom is 0.349 e. The summed E-state index contributed by atoms with van der Waals surface area (Å²) in [6.45, 7) is 0.163. The molecule has 0 aliphatic heterocycles. The Balaban J connectivity index is 1.76. The maximum atomic E-state index is 12.3. The third-order valence-electron chi connectivity index (χ3n) is 3.71. The number of halogens is 1. The Morgan fingerprint density at radius 2 is 1.77 bits per heavy atom. The highest BCUT2D eigenvalue weighted by atomic mass is 79.9. The lowest BCUT2D eigenvalue weighted by molar-refractivity contribution is 0.0706. The average molecular weight is 417 g/mol. The van der Waals surface area contributed by atoms with Gasteiger partial charge in [-0.1, -0.05) is 28.1 Å². The minimum Gasteiger partial charge on any atom is -0.422 e. The summed E-state index contributed by atoms with van der Waals surface area (Å²) in [6, 6.07) is 12.9. The van der Waals surface area contributed by atoms with Crippen LogP contribution in [0.1, 0.15) is 26.3 Å². The largest absolute Gasteiger partial charge is 0.422 e. The van der Waals surface area contributed by atoms with E-state index in [4.69, 9.17) is 9.62 Å². The standard InChI is InChI=1S/C18H13BrN2O5/c19-13-5-6-15-12(7-13)8-14(18(24)26-15)17(23)20-9-10-1-3-11(4-2-10)16(22)21-25/h1-8,25H,9H2,(H,20,23)(H,21,22). The van der Waals surface area contributed by atoms with E-state index in [1.54, 1.807) is 35.8 Å². The summed E-state index contributed by atoms with van der Waals surface area (Å²) >= 11 is 3.33. The van der Waals surface area contributed by atoms with Gasteiger partial charge in [-0.2, -0.15) is 0 Å². The Morgan fingerprint density at radius 3 is 2.46 bits per heavy atom. The normalized spacial score (nSPS) is 10.5. The number of carbonyl (C=O) groups excluding carboxylic acids is 2.